The molecule has 1 aromatic carbocycles. The average Bonchev–Trinajstić information content (AvgIpc) is 3.01. The van der Waals surface area contributed by atoms with E-state index in [0.29, 0.717) is 5.76 Å². The smallest absolute Gasteiger partial charge is 0.181 e. The molecule has 3 heteroatoms. The molecule has 0 atom stereocenters. The van der Waals surface area contributed by atoms with Crippen molar-refractivity contribution in [2.24, 2.45) is 0 Å². The fraction of sp³-hybridized carbons (Fsp3) is 0.222. The molecule has 105 valence electrons. The topological polar surface area (TPSA) is 38.9 Å². The van der Waals surface area contributed by atoms with Gasteiger partial charge in [0.15, 0.2) is 12.2 Å². The van der Waals surface area contributed by atoms with Crippen LogP contribution in [0.1, 0.15) is 26.5 Å². The van der Waals surface area contributed by atoms with Gasteiger partial charge in [-0.25, -0.2) is 9.97 Å². The van der Waals surface area contributed by atoms with Crippen LogP contribution in [0.2, 0.25) is 0 Å². The monoisotopic (exact) mass is 277 g/mol. The lowest BCUT2D eigenvalue weighted by Gasteiger charge is -2.19. The van der Waals surface area contributed by atoms with E-state index in [1.807, 2.05) is 18.2 Å². The van der Waals surface area contributed by atoms with Crippen molar-refractivity contribution in [3.05, 3.63) is 60.9 Å². The summed E-state index contributed by atoms with van der Waals surface area (Å²) in [5.74, 6) is 0.682. The SMILES string of the molecule is CC(C)(C)c1cc(-c2ccccc2)c(-c2cnco2)[c]n1. The number of rotatable bonds is 2. The maximum Gasteiger partial charge on any atom is 0.181 e. The molecule has 2 heterocycles. The Kier molecular flexibility index (Phi) is 3.34. The van der Waals surface area contributed by atoms with Crippen molar-refractivity contribution in [1.29, 1.82) is 0 Å². The Morgan fingerprint density at radius 2 is 1.86 bits per heavy atom. The van der Waals surface area contributed by atoms with Crippen LogP contribution in [0, 0.1) is 6.20 Å². The van der Waals surface area contributed by atoms with Crippen molar-refractivity contribution in [3.63, 3.8) is 0 Å². The quantitative estimate of drug-likeness (QED) is 0.692. The molecule has 0 N–H and O–H groups in total. The van der Waals surface area contributed by atoms with Gasteiger partial charge in [-0.15, -0.1) is 0 Å². The number of nitrogens with zero attached hydrogens (tertiary/aromatic N) is 2. The van der Waals surface area contributed by atoms with E-state index < -0.39 is 0 Å². The van der Waals surface area contributed by atoms with Crippen molar-refractivity contribution in [2.45, 2.75) is 26.2 Å². The van der Waals surface area contributed by atoms with E-state index in [1.54, 1.807) is 6.20 Å². The highest BCUT2D eigenvalue weighted by Gasteiger charge is 2.19. The van der Waals surface area contributed by atoms with E-state index in [9.17, 15) is 0 Å². The van der Waals surface area contributed by atoms with E-state index >= 15 is 0 Å². The van der Waals surface area contributed by atoms with Crippen molar-refractivity contribution < 1.29 is 4.42 Å². The largest absolute Gasteiger partial charge is 0.443 e. The number of hydrogen-bond acceptors (Lipinski definition) is 3. The van der Waals surface area contributed by atoms with Crippen LogP contribution in [0.3, 0.4) is 0 Å². The fourth-order valence-corrected chi connectivity index (χ4v) is 2.17. The van der Waals surface area contributed by atoms with Gasteiger partial charge < -0.3 is 4.42 Å². The molecule has 0 aliphatic rings. The van der Waals surface area contributed by atoms with Gasteiger partial charge in [0.25, 0.3) is 0 Å². The third-order valence-electron chi connectivity index (χ3n) is 3.37. The van der Waals surface area contributed by atoms with Crippen LogP contribution < -0.4 is 0 Å². The molecule has 1 radical (unpaired) electrons. The minimum atomic E-state index is -0.0278. The molecule has 3 rings (SSSR count). The third-order valence-corrected chi connectivity index (χ3v) is 3.37. The second-order valence-corrected chi connectivity index (χ2v) is 6.02. The minimum absolute atomic E-state index is 0.0278. The predicted octanol–water partition coefficient (Wildman–Crippen LogP) is 4.50. The Labute approximate surface area is 124 Å². The van der Waals surface area contributed by atoms with Gasteiger partial charge in [-0.2, -0.15) is 0 Å². The molecular weight excluding hydrogens is 260 g/mol. The van der Waals surface area contributed by atoms with Gasteiger partial charge in [-0.3, -0.25) is 0 Å². The minimum Gasteiger partial charge on any atom is -0.443 e. The summed E-state index contributed by atoms with van der Waals surface area (Å²) in [6, 6.07) is 12.3. The van der Waals surface area contributed by atoms with E-state index in [4.69, 9.17) is 4.42 Å². The zero-order chi connectivity index (χ0) is 14.9. The van der Waals surface area contributed by atoms with E-state index in [1.165, 1.54) is 6.39 Å². The van der Waals surface area contributed by atoms with Crippen molar-refractivity contribution in [2.75, 3.05) is 0 Å². The highest BCUT2D eigenvalue weighted by molar-refractivity contribution is 5.80. The highest BCUT2D eigenvalue weighted by Crippen LogP contribution is 2.34. The summed E-state index contributed by atoms with van der Waals surface area (Å²) in [4.78, 5) is 8.47. The van der Waals surface area contributed by atoms with Gasteiger partial charge in [0.05, 0.1) is 11.8 Å². The molecule has 2 aromatic heterocycles. The van der Waals surface area contributed by atoms with Gasteiger partial charge in [-0.05, 0) is 17.2 Å². The highest BCUT2D eigenvalue weighted by atomic mass is 16.3. The summed E-state index contributed by atoms with van der Waals surface area (Å²) in [6.45, 7) is 6.43. The second-order valence-electron chi connectivity index (χ2n) is 6.02. The van der Waals surface area contributed by atoms with Crippen LogP contribution in [0.25, 0.3) is 22.5 Å². The molecule has 0 fully saturated rings. The van der Waals surface area contributed by atoms with Gasteiger partial charge >= 0.3 is 0 Å². The third kappa shape index (κ3) is 2.72. The van der Waals surface area contributed by atoms with Crippen LogP contribution in [0.4, 0.5) is 0 Å². The van der Waals surface area contributed by atoms with Crippen molar-refractivity contribution >= 4 is 0 Å². The normalized spacial score (nSPS) is 11.6. The Hall–Kier alpha value is -2.42. The molecule has 3 aromatic rings. The lowest BCUT2D eigenvalue weighted by Crippen LogP contribution is -2.13. The molecule has 0 spiro atoms. The first-order valence-electron chi connectivity index (χ1n) is 6.93. The molecule has 3 nitrogen and oxygen atoms in total. The van der Waals surface area contributed by atoms with Crippen LogP contribution in [0.15, 0.2) is 53.4 Å². The number of pyridine rings is 1. The van der Waals surface area contributed by atoms with Gasteiger partial charge in [-0.1, -0.05) is 51.1 Å². The molecule has 21 heavy (non-hydrogen) atoms. The summed E-state index contributed by atoms with van der Waals surface area (Å²) < 4.78 is 5.42. The lowest BCUT2D eigenvalue weighted by molar-refractivity contribution is 0.564. The molecular formula is C18H17N2O. The summed E-state index contributed by atoms with van der Waals surface area (Å²) >= 11 is 0. The number of aromatic nitrogens is 2. The number of hydrogen-bond donors (Lipinski definition) is 0. The van der Waals surface area contributed by atoms with E-state index in [0.717, 1.165) is 22.4 Å². The molecule has 0 aliphatic heterocycles. The maximum absolute atomic E-state index is 5.42. The van der Waals surface area contributed by atoms with E-state index in [-0.39, 0.29) is 5.41 Å². The average molecular weight is 277 g/mol. The predicted molar refractivity (Wildman–Crippen MR) is 82.7 cm³/mol. The van der Waals surface area contributed by atoms with Crippen molar-refractivity contribution in [1.82, 2.24) is 9.97 Å². The molecule has 0 saturated carbocycles. The Balaban J connectivity index is 2.22. The number of benzene rings is 1. The molecule has 0 bridgehead atoms. The van der Waals surface area contributed by atoms with Gasteiger partial charge in [0.1, 0.15) is 6.20 Å². The Morgan fingerprint density at radius 1 is 1.10 bits per heavy atom. The van der Waals surface area contributed by atoms with Crippen molar-refractivity contribution in [3.8, 4) is 22.5 Å². The summed E-state index contributed by atoms with van der Waals surface area (Å²) in [5.41, 5.74) is 4.00. The van der Waals surface area contributed by atoms with Crippen LogP contribution in [-0.4, -0.2) is 9.97 Å². The van der Waals surface area contributed by atoms with Gasteiger partial charge in [0, 0.05) is 11.1 Å². The first kappa shape index (κ1) is 13.6. The van der Waals surface area contributed by atoms with Crippen LogP contribution >= 0.6 is 0 Å². The molecule has 0 aliphatic carbocycles. The summed E-state index contributed by atoms with van der Waals surface area (Å²) in [7, 11) is 0. The second kappa shape index (κ2) is 5.17. The maximum atomic E-state index is 5.42. The zero-order valence-electron chi connectivity index (χ0n) is 12.4. The van der Waals surface area contributed by atoms with Gasteiger partial charge in [0.2, 0.25) is 0 Å². The zero-order valence-corrected chi connectivity index (χ0v) is 12.4. The summed E-state index contributed by atoms with van der Waals surface area (Å²) in [6.07, 6.45) is 6.25. The number of oxazole rings is 1. The first-order valence-corrected chi connectivity index (χ1v) is 6.93. The Morgan fingerprint density at radius 3 is 2.48 bits per heavy atom. The first-order chi connectivity index (χ1) is 10.1. The standard InChI is InChI=1S/C18H17N2O/c1-18(2,3)17-9-14(13-7-5-4-6-8-13)15(10-20-17)16-11-19-12-21-16/h4-9,11-12H,1-3H3. The molecule has 0 saturated heterocycles. The summed E-state index contributed by atoms with van der Waals surface area (Å²) in [5, 5.41) is 0. The van der Waals surface area contributed by atoms with E-state index in [2.05, 4.69) is 55.1 Å². The lowest BCUT2D eigenvalue weighted by atomic mass is 9.88. The fourth-order valence-electron chi connectivity index (χ4n) is 2.17. The van der Waals surface area contributed by atoms with Crippen LogP contribution in [0.5, 0.6) is 0 Å². The molecule has 0 unspecified atom stereocenters. The molecule has 0 amide bonds. The Bertz CT molecular complexity index is 726. The van der Waals surface area contributed by atoms with Crippen LogP contribution in [-0.2, 0) is 5.41 Å².